The molecule has 21 heavy (non-hydrogen) atoms. The lowest BCUT2D eigenvalue weighted by Gasteiger charge is -2.06. The van der Waals surface area contributed by atoms with E-state index in [0.29, 0.717) is 5.92 Å². The number of rotatable bonds is 5. The van der Waals surface area contributed by atoms with E-state index in [0.717, 1.165) is 35.7 Å². The fourth-order valence-electron chi connectivity index (χ4n) is 2.21. The van der Waals surface area contributed by atoms with E-state index in [1.54, 1.807) is 6.20 Å². The Bertz CT molecular complexity index is 718. The third kappa shape index (κ3) is 3.02. The second-order valence-corrected chi connectivity index (χ2v) is 5.33. The van der Waals surface area contributed by atoms with Gasteiger partial charge in [0.05, 0.1) is 5.69 Å². The summed E-state index contributed by atoms with van der Waals surface area (Å²) in [6, 6.07) is 8.07. The van der Waals surface area contributed by atoms with Crippen molar-refractivity contribution in [2.24, 2.45) is 0 Å². The smallest absolute Gasteiger partial charge is 0.152 e. The Balaban J connectivity index is 1.74. The third-order valence-corrected chi connectivity index (χ3v) is 3.40. The molecule has 0 aliphatic carbocycles. The average Bonchev–Trinajstić information content (AvgIpc) is 2.94. The van der Waals surface area contributed by atoms with Crippen molar-refractivity contribution in [1.29, 1.82) is 0 Å². The Hall–Kier alpha value is -2.43. The van der Waals surface area contributed by atoms with Gasteiger partial charge in [-0.1, -0.05) is 19.9 Å². The fourth-order valence-corrected chi connectivity index (χ4v) is 2.21. The molecule has 1 N–H and O–H groups in total. The van der Waals surface area contributed by atoms with E-state index >= 15 is 0 Å². The zero-order valence-electron chi connectivity index (χ0n) is 12.3. The first-order valence-corrected chi connectivity index (χ1v) is 7.22. The number of pyridine rings is 1. The summed E-state index contributed by atoms with van der Waals surface area (Å²) in [4.78, 5) is 8.74. The lowest BCUT2D eigenvalue weighted by atomic mass is 10.1. The van der Waals surface area contributed by atoms with Gasteiger partial charge in [-0.3, -0.25) is 4.98 Å². The molecule has 0 aromatic carbocycles. The van der Waals surface area contributed by atoms with E-state index in [9.17, 15) is 0 Å². The molecular formula is C16H19N5. The summed E-state index contributed by atoms with van der Waals surface area (Å²) in [5.74, 6) is 1.28. The molecule has 0 saturated carbocycles. The average molecular weight is 281 g/mol. The summed E-state index contributed by atoms with van der Waals surface area (Å²) in [7, 11) is 0. The first kappa shape index (κ1) is 13.5. The van der Waals surface area contributed by atoms with Gasteiger partial charge in [-0.25, -0.2) is 9.50 Å². The van der Waals surface area contributed by atoms with Crippen LogP contribution < -0.4 is 5.32 Å². The number of aromatic nitrogens is 4. The predicted molar refractivity (Wildman–Crippen MR) is 83.5 cm³/mol. The molecule has 0 amide bonds. The van der Waals surface area contributed by atoms with Crippen molar-refractivity contribution in [3.8, 4) is 0 Å². The minimum Gasteiger partial charge on any atom is -0.368 e. The van der Waals surface area contributed by atoms with Gasteiger partial charge < -0.3 is 5.32 Å². The molecule has 0 saturated heterocycles. The first-order valence-electron chi connectivity index (χ1n) is 7.22. The van der Waals surface area contributed by atoms with Gasteiger partial charge in [0.2, 0.25) is 0 Å². The standard InChI is InChI=1S/C16H19N5/c1-12(2)14-11-15-16(19-9-10-21(15)20-14)18-8-6-13-5-3-4-7-17-13/h3-5,7,9-12H,6,8H2,1-2H3,(H,18,19). The maximum Gasteiger partial charge on any atom is 0.152 e. The van der Waals surface area contributed by atoms with Gasteiger partial charge in [0.15, 0.2) is 5.82 Å². The van der Waals surface area contributed by atoms with Crippen molar-refractivity contribution >= 4 is 11.3 Å². The Morgan fingerprint density at radius 3 is 2.86 bits per heavy atom. The molecule has 0 aliphatic rings. The highest BCUT2D eigenvalue weighted by Crippen LogP contribution is 2.19. The van der Waals surface area contributed by atoms with Crippen molar-refractivity contribution in [2.75, 3.05) is 11.9 Å². The largest absolute Gasteiger partial charge is 0.368 e. The quantitative estimate of drug-likeness (QED) is 0.781. The van der Waals surface area contributed by atoms with E-state index < -0.39 is 0 Å². The zero-order valence-corrected chi connectivity index (χ0v) is 12.3. The van der Waals surface area contributed by atoms with Crippen molar-refractivity contribution in [3.05, 3.63) is 54.2 Å². The number of hydrogen-bond acceptors (Lipinski definition) is 4. The number of anilines is 1. The molecule has 0 bridgehead atoms. The number of nitrogens with zero attached hydrogens (tertiary/aromatic N) is 4. The zero-order chi connectivity index (χ0) is 14.7. The maximum absolute atomic E-state index is 4.56. The normalized spacial score (nSPS) is 11.2. The Labute approximate surface area is 124 Å². The van der Waals surface area contributed by atoms with Crippen LogP contribution in [0.4, 0.5) is 5.82 Å². The molecule has 3 aromatic heterocycles. The minimum atomic E-state index is 0.409. The fraction of sp³-hybridized carbons (Fsp3) is 0.312. The van der Waals surface area contributed by atoms with E-state index in [1.807, 2.05) is 35.1 Å². The highest BCUT2D eigenvalue weighted by atomic mass is 15.2. The van der Waals surface area contributed by atoms with Crippen LogP contribution in [0.1, 0.15) is 31.2 Å². The first-order chi connectivity index (χ1) is 10.2. The van der Waals surface area contributed by atoms with Gasteiger partial charge in [0.25, 0.3) is 0 Å². The summed E-state index contributed by atoms with van der Waals surface area (Å²) in [6.07, 6.45) is 6.34. The lowest BCUT2D eigenvalue weighted by Crippen LogP contribution is -2.08. The summed E-state index contributed by atoms with van der Waals surface area (Å²) in [5, 5.41) is 7.94. The van der Waals surface area contributed by atoms with Gasteiger partial charge in [-0.2, -0.15) is 5.10 Å². The van der Waals surface area contributed by atoms with Gasteiger partial charge in [-0.05, 0) is 24.1 Å². The number of hydrogen-bond donors (Lipinski definition) is 1. The van der Waals surface area contributed by atoms with Crippen LogP contribution in [0.2, 0.25) is 0 Å². The van der Waals surface area contributed by atoms with Crippen LogP contribution in [0, 0.1) is 0 Å². The maximum atomic E-state index is 4.56. The Morgan fingerprint density at radius 1 is 1.19 bits per heavy atom. The highest BCUT2D eigenvalue weighted by molar-refractivity contribution is 5.67. The number of nitrogens with one attached hydrogen (secondary N) is 1. The van der Waals surface area contributed by atoms with E-state index in [2.05, 4.69) is 40.3 Å². The van der Waals surface area contributed by atoms with E-state index in [4.69, 9.17) is 0 Å². The van der Waals surface area contributed by atoms with E-state index in [1.165, 1.54) is 0 Å². The third-order valence-electron chi connectivity index (χ3n) is 3.40. The molecular weight excluding hydrogens is 262 g/mol. The molecule has 0 aliphatic heterocycles. The van der Waals surface area contributed by atoms with Gasteiger partial charge in [0.1, 0.15) is 5.52 Å². The monoisotopic (exact) mass is 281 g/mol. The Morgan fingerprint density at radius 2 is 2.10 bits per heavy atom. The molecule has 0 atom stereocenters. The summed E-state index contributed by atoms with van der Waals surface area (Å²) in [6.45, 7) is 5.08. The molecule has 5 nitrogen and oxygen atoms in total. The molecule has 0 radical (unpaired) electrons. The molecule has 5 heteroatoms. The van der Waals surface area contributed by atoms with Gasteiger partial charge >= 0.3 is 0 Å². The Kier molecular flexibility index (Phi) is 3.81. The van der Waals surface area contributed by atoms with Crippen LogP contribution in [0.3, 0.4) is 0 Å². The SMILES string of the molecule is CC(C)c1cc2c(NCCc3ccccn3)nccn2n1. The highest BCUT2D eigenvalue weighted by Gasteiger charge is 2.09. The van der Waals surface area contributed by atoms with Crippen molar-refractivity contribution in [3.63, 3.8) is 0 Å². The van der Waals surface area contributed by atoms with Crippen molar-refractivity contribution in [1.82, 2.24) is 19.6 Å². The molecule has 0 spiro atoms. The molecule has 3 aromatic rings. The van der Waals surface area contributed by atoms with Crippen LogP contribution >= 0.6 is 0 Å². The number of fused-ring (bicyclic) bond motifs is 1. The molecule has 0 unspecified atom stereocenters. The molecule has 3 rings (SSSR count). The summed E-state index contributed by atoms with van der Waals surface area (Å²) >= 11 is 0. The van der Waals surface area contributed by atoms with Crippen molar-refractivity contribution in [2.45, 2.75) is 26.2 Å². The topological polar surface area (TPSA) is 55.1 Å². The van der Waals surface area contributed by atoms with Crippen LogP contribution in [-0.2, 0) is 6.42 Å². The van der Waals surface area contributed by atoms with Crippen molar-refractivity contribution < 1.29 is 0 Å². The van der Waals surface area contributed by atoms with Gasteiger partial charge in [0, 0.05) is 37.3 Å². The predicted octanol–water partition coefficient (Wildman–Crippen LogP) is 2.90. The molecule has 108 valence electrons. The van der Waals surface area contributed by atoms with Crippen LogP contribution in [0.15, 0.2) is 42.9 Å². The molecule has 0 fully saturated rings. The lowest BCUT2D eigenvalue weighted by molar-refractivity contribution is 0.786. The molecule has 3 heterocycles. The second kappa shape index (κ2) is 5.91. The van der Waals surface area contributed by atoms with Crippen LogP contribution in [0.25, 0.3) is 5.52 Å². The van der Waals surface area contributed by atoms with Gasteiger partial charge in [-0.15, -0.1) is 0 Å². The second-order valence-electron chi connectivity index (χ2n) is 5.33. The van der Waals surface area contributed by atoms with Crippen LogP contribution in [-0.4, -0.2) is 26.1 Å². The minimum absolute atomic E-state index is 0.409. The van der Waals surface area contributed by atoms with Crippen LogP contribution in [0.5, 0.6) is 0 Å². The summed E-state index contributed by atoms with van der Waals surface area (Å²) in [5.41, 5.74) is 3.17. The van der Waals surface area contributed by atoms with E-state index in [-0.39, 0.29) is 0 Å². The summed E-state index contributed by atoms with van der Waals surface area (Å²) < 4.78 is 1.88.